The van der Waals surface area contributed by atoms with Gasteiger partial charge in [0.05, 0.1) is 11.0 Å². The number of nitrogens with zero attached hydrogens (tertiary/aromatic N) is 3. The van der Waals surface area contributed by atoms with E-state index in [1.54, 1.807) is 0 Å². The lowest BCUT2D eigenvalue weighted by Crippen LogP contribution is -2.26. The van der Waals surface area contributed by atoms with E-state index >= 15 is 0 Å². The summed E-state index contributed by atoms with van der Waals surface area (Å²) in [6.07, 6.45) is 0.900. The van der Waals surface area contributed by atoms with Crippen molar-refractivity contribution in [1.29, 1.82) is 0 Å². The van der Waals surface area contributed by atoms with Gasteiger partial charge in [-0.15, -0.1) is 0 Å². The van der Waals surface area contributed by atoms with Gasteiger partial charge in [0.1, 0.15) is 16.9 Å². The second-order valence-corrected chi connectivity index (χ2v) is 7.76. The largest absolute Gasteiger partial charge is 0.384 e. The number of carbonyl (C=O) groups is 1. The third-order valence-corrected chi connectivity index (χ3v) is 4.99. The molecule has 4 rings (SSSR count). The number of rotatable bonds is 5. The third kappa shape index (κ3) is 3.53. The van der Waals surface area contributed by atoms with E-state index in [1.165, 1.54) is 0 Å². The number of amides is 1. The SMILES string of the molecule is Cc1cccc(-n2c(N)c(C(=O)NCCC(C)C)c3nc4ccccc4nc32)c1. The van der Waals surface area contributed by atoms with Crippen LogP contribution in [0.3, 0.4) is 0 Å². The molecule has 0 saturated carbocycles. The fourth-order valence-electron chi connectivity index (χ4n) is 3.48. The average Bonchev–Trinajstić information content (AvgIpc) is 2.96. The summed E-state index contributed by atoms with van der Waals surface area (Å²) in [5, 5.41) is 2.99. The molecule has 1 amide bonds. The van der Waals surface area contributed by atoms with E-state index in [1.807, 2.05) is 60.0 Å². The first-order valence-corrected chi connectivity index (χ1v) is 9.87. The van der Waals surface area contributed by atoms with Crippen LogP contribution in [0.1, 0.15) is 36.2 Å². The number of hydrogen-bond donors (Lipinski definition) is 2. The number of nitrogens with one attached hydrogen (secondary N) is 1. The number of carbonyl (C=O) groups excluding carboxylic acids is 1. The van der Waals surface area contributed by atoms with Crippen LogP contribution in [0.15, 0.2) is 48.5 Å². The van der Waals surface area contributed by atoms with E-state index in [9.17, 15) is 4.79 Å². The predicted molar refractivity (Wildman–Crippen MR) is 117 cm³/mol. The van der Waals surface area contributed by atoms with Crippen LogP contribution < -0.4 is 11.1 Å². The van der Waals surface area contributed by atoms with Crippen LogP contribution in [0.5, 0.6) is 0 Å². The van der Waals surface area contributed by atoms with Crippen LogP contribution in [0.2, 0.25) is 0 Å². The summed E-state index contributed by atoms with van der Waals surface area (Å²) < 4.78 is 1.82. The van der Waals surface area contributed by atoms with Crippen molar-refractivity contribution < 1.29 is 4.79 Å². The number of nitrogen functional groups attached to an aromatic ring is 1. The zero-order chi connectivity index (χ0) is 20.5. The van der Waals surface area contributed by atoms with Gasteiger partial charge in [0.15, 0.2) is 5.65 Å². The van der Waals surface area contributed by atoms with E-state index < -0.39 is 0 Å². The Morgan fingerprint density at radius 3 is 2.52 bits per heavy atom. The molecule has 0 radical (unpaired) electrons. The first kappa shape index (κ1) is 18.9. The van der Waals surface area contributed by atoms with Crippen LogP contribution in [0.25, 0.3) is 27.9 Å². The number of hydrogen-bond acceptors (Lipinski definition) is 4. The minimum atomic E-state index is -0.218. The van der Waals surface area contributed by atoms with Gasteiger partial charge >= 0.3 is 0 Å². The number of aromatic nitrogens is 3. The van der Waals surface area contributed by atoms with Crippen LogP contribution in [0.4, 0.5) is 5.82 Å². The van der Waals surface area contributed by atoms with E-state index in [-0.39, 0.29) is 5.91 Å². The zero-order valence-corrected chi connectivity index (χ0v) is 16.9. The highest BCUT2D eigenvalue weighted by Crippen LogP contribution is 2.31. The Kier molecular flexibility index (Phi) is 4.92. The van der Waals surface area contributed by atoms with Crippen molar-refractivity contribution in [3.63, 3.8) is 0 Å². The molecule has 0 bridgehead atoms. The maximum atomic E-state index is 13.0. The van der Waals surface area contributed by atoms with Gasteiger partial charge in [-0.3, -0.25) is 9.36 Å². The Labute approximate surface area is 169 Å². The van der Waals surface area contributed by atoms with Gasteiger partial charge < -0.3 is 11.1 Å². The minimum Gasteiger partial charge on any atom is -0.384 e. The van der Waals surface area contributed by atoms with Gasteiger partial charge in [-0.05, 0) is 49.1 Å². The molecule has 0 atom stereocenters. The minimum absolute atomic E-state index is 0.218. The molecule has 0 spiro atoms. The number of anilines is 1. The lowest BCUT2D eigenvalue weighted by molar-refractivity contribution is 0.0954. The molecule has 4 aromatic rings. The van der Waals surface area contributed by atoms with Gasteiger partial charge in [0, 0.05) is 12.2 Å². The zero-order valence-electron chi connectivity index (χ0n) is 16.9. The van der Waals surface area contributed by atoms with Crippen molar-refractivity contribution in [3.05, 3.63) is 59.7 Å². The van der Waals surface area contributed by atoms with Gasteiger partial charge in [0.25, 0.3) is 5.91 Å². The summed E-state index contributed by atoms with van der Waals surface area (Å²) in [6.45, 7) is 6.86. The molecule has 0 saturated heterocycles. The highest BCUT2D eigenvalue weighted by molar-refractivity contribution is 6.11. The van der Waals surface area contributed by atoms with E-state index in [4.69, 9.17) is 15.7 Å². The van der Waals surface area contributed by atoms with Crippen molar-refractivity contribution in [1.82, 2.24) is 19.9 Å². The van der Waals surface area contributed by atoms with Crippen LogP contribution in [-0.4, -0.2) is 27.0 Å². The van der Waals surface area contributed by atoms with Crippen LogP contribution in [-0.2, 0) is 0 Å². The molecule has 0 aliphatic carbocycles. The normalized spacial score (nSPS) is 11.4. The second-order valence-electron chi connectivity index (χ2n) is 7.76. The lowest BCUT2D eigenvalue weighted by Gasteiger charge is -2.09. The van der Waals surface area contributed by atoms with E-state index in [0.717, 1.165) is 28.7 Å². The number of nitrogens with two attached hydrogens (primary N) is 1. The van der Waals surface area contributed by atoms with E-state index in [0.29, 0.717) is 35.0 Å². The molecular formula is C23H25N5O. The third-order valence-electron chi connectivity index (χ3n) is 4.99. The molecule has 148 valence electrons. The predicted octanol–water partition coefficient (Wildman–Crippen LogP) is 4.24. The molecule has 2 aromatic heterocycles. The number of para-hydroxylation sites is 2. The molecule has 0 unspecified atom stereocenters. The average molecular weight is 387 g/mol. The number of benzene rings is 2. The highest BCUT2D eigenvalue weighted by atomic mass is 16.1. The molecule has 6 nitrogen and oxygen atoms in total. The van der Waals surface area contributed by atoms with Gasteiger partial charge in [-0.1, -0.05) is 38.1 Å². The van der Waals surface area contributed by atoms with Crippen LogP contribution in [0, 0.1) is 12.8 Å². The summed E-state index contributed by atoms with van der Waals surface area (Å²) >= 11 is 0. The summed E-state index contributed by atoms with van der Waals surface area (Å²) in [7, 11) is 0. The van der Waals surface area contributed by atoms with Crippen molar-refractivity contribution in [2.45, 2.75) is 27.2 Å². The summed E-state index contributed by atoms with van der Waals surface area (Å²) in [4.78, 5) is 22.6. The lowest BCUT2D eigenvalue weighted by atomic mass is 10.1. The van der Waals surface area contributed by atoms with Gasteiger partial charge in [-0.2, -0.15) is 0 Å². The Morgan fingerprint density at radius 2 is 1.83 bits per heavy atom. The van der Waals surface area contributed by atoms with Crippen molar-refractivity contribution >= 4 is 33.9 Å². The molecule has 3 N–H and O–H groups in total. The molecule has 2 heterocycles. The first-order chi connectivity index (χ1) is 14.0. The maximum absolute atomic E-state index is 13.0. The van der Waals surface area contributed by atoms with E-state index in [2.05, 4.69) is 19.2 Å². The van der Waals surface area contributed by atoms with Gasteiger partial charge in [-0.25, -0.2) is 9.97 Å². The number of fused-ring (bicyclic) bond motifs is 2. The number of aryl methyl sites for hydroxylation is 1. The highest BCUT2D eigenvalue weighted by Gasteiger charge is 2.24. The van der Waals surface area contributed by atoms with Gasteiger partial charge in [0.2, 0.25) is 0 Å². The Balaban J connectivity index is 1.93. The summed E-state index contributed by atoms with van der Waals surface area (Å²) in [6, 6.07) is 15.6. The second kappa shape index (κ2) is 7.54. The molecular weight excluding hydrogens is 362 g/mol. The molecule has 6 heteroatoms. The fourth-order valence-corrected chi connectivity index (χ4v) is 3.48. The summed E-state index contributed by atoms with van der Waals surface area (Å²) in [5.41, 5.74) is 11.4. The topological polar surface area (TPSA) is 85.8 Å². The fraction of sp³-hybridized carbons (Fsp3) is 0.261. The molecule has 0 aliphatic heterocycles. The quantitative estimate of drug-likeness (QED) is 0.536. The monoisotopic (exact) mass is 387 g/mol. The Hall–Kier alpha value is -3.41. The first-order valence-electron chi connectivity index (χ1n) is 9.87. The van der Waals surface area contributed by atoms with Crippen molar-refractivity contribution in [3.8, 4) is 5.69 Å². The molecule has 29 heavy (non-hydrogen) atoms. The standard InChI is InChI=1S/C23H25N5O/c1-14(2)11-12-25-23(29)19-20-22(27-18-10-5-4-9-17(18)26-20)28(21(19)24)16-8-6-7-15(3)13-16/h4-10,13-14H,11-12,24H2,1-3H3,(H,25,29). The Morgan fingerprint density at radius 1 is 1.10 bits per heavy atom. The maximum Gasteiger partial charge on any atom is 0.257 e. The van der Waals surface area contributed by atoms with Crippen LogP contribution >= 0.6 is 0 Å². The smallest absolute Gasteiger partial charge is 0.257 e. The Bertz CT molecular complexity index is 1210. The van der Waals surface area contributed by atoms with Crippen molar-refractivity contribution in [2.24, 2.45) is 5.92 Å². The summed E-state index contributed by atoms with van der Waals surface area (Å²) in [5.74, 6) is 0.636. The molecule has 0 fully saturated rings. The molecule has 0 aliphatic rings. The van der Waals surface area contributed by atoms with Crippen molar-refractivity contribution in [2.75, 3.05) is 12.3 Å². The molecule has 2 aromatic carbocycles.